The van der Waals surface area contributed by atoms with Crippen molar-refractivity contribution in [2.75, 3.05) is 31.1 Å². The number of piperazine rings is 1. The van der Waals surface area contributed by atoms with Crippen molar-refractivity contribution in [2.24, 2.45) is 7.05 Å². The lowest BCUT2D eigenvalue weighted by Crippen LogP contribution is -2.49. The molecule has 2 aromatic heterocycles. The fourth-order valence-corrected chi connectivity index (χ4v) is 2.60. The van der Waals surface area contributed by atoms with Gasteiger partial charge in [0, 0.05) is 33.2 Å². The second-order valence-corrected chi connectivity index (χ2v) is 5.03. The van der Waals surface area contributed by atoms with Crippen LogP contribution in [0.2, 0.25) is 0 Å². The number of anilines is 1. The van der Waals surface area contributed by atoms with Crippen LogP contribution in [0.15, 0.2) is 12.5 Å². The molecule has 104 valence electrons. The molecule has 1 fully saturated rings. The highest BCUT2D eigenvalue weighted by atomic mass is 15.3. The van der Waals surface area contributed by atoms with E-state index in [1.807, 2.05) is 20.2 Å². The molecule has 0 aliphatic carbocycles. The molecule has 0 radical (unpaired) electrons. The van der Waals surface area contributed by atoms with Gasteiger partial charge in [0.15, 0.2) is 5.65 Å². The molecule has 3 rings (SSSR count). The van der Waals surface area contributed by atoms with Gasteiger partial charge in [0.1, 0.15) is 12.1 Å². The van der Waals surface area contributed by atoms with Crippen molar-refractivity contribution in [1.82, 2.24) is 24.6 Å². The summed E-state index contributed by atoms with van der Waals surface area (Å²) < 4.78 is 1.76. The summed E-state index contributed by atoms with van der Waals surface area (Å²) in [6.07, 6.45) is 3.40. The van der Waals surface area contributed by atoms with Gasteiger partial charge >= 0.3 is 0 Å². The third kappa shape index (κ3) is 2.08. The van der Waals surface area contributed by atoms with Gasteiger partial charge in [0.25, 0.3) is 0 Å². The number of hydrogen-bond donors (Lipinski definition) is 0. The number of aromatic nitrogens is 4. The molecule has 7 nitrogen and oxygen atoms in total. The maximum Gasteiger partial charge on any atom is 0.163 e. The molecule has 0 bridgehead atoms. The zero-order valence-corrected chi connectivity index (χ0v) is 11.7. The van der Waals surface area contributed by atoms with Gasteiger partial charge in [-0.2, -0.15) is 10.4 Å². The molecule has 2 aromatic rings. The Morgan fingerprint density at radius 3 is 2.70 bits per heavy atom. The summed E-state index contributed by atoms with van der Waals surface area (Å²) in [6.45, 7) is 5.43. The molecule has 0 aromatic carbocycles. The third-order valence-electron chi connectivity index (χ3n) is 3.86. The van der Waals surface area contributed by atoms with E-state index in [0.717, 1.165) is 43.0 Å². The Kier molecular flexibility index (Phi) is 3.24. The lowest BCUT2D eigenvalue weighted by molar-refractivity contribution is 0.231. The van der Waals surface area contributed by atoms with Crippen LogP contribution < -0.4 is 4.90 Å². The van der Waals surface area contributed by atoms with Gasteiger partial charge in [-0.15, -0.1) is 0 Å². The van der Waals surface area contributed by atoms with Gasteiger partial charge in [-0.3, -0.25) is 9.58 Å². The first-order valence-corrected chi connectivity index (χ1v) is 6.72. The monoisotopic (exact) mass is 271 g/mol. The van der Waals surface area contributed by atoms with Gasteiger partial charge in [-0.1, -0.05) is 0 Å². The minimum absolute atomic E-state index is 0.0269. The third-order valence-corrected chi connectivity index (χ3v) is 3.86. The predicted molar refractivity (Wildman–Crippen MR) is 75.2 cm³/mol. The van der Waals surface area contributed by atoms with Crippen LogP contribution in [0.25, 0.3) is 11.0 Å². The predicted octanol–water partition coefficient (Wildman–Crippen LogP) is 0.397. The Balaban J connectivity index is 1.82. The molecular weight excluding hydrogens is 254 g/mol. The molecule has 0 spiro atoms. The highest BCUT2D eigenvalue weighted by Gasteiger charge is 2.23. The minimum atomic E-state index is -0.0269. The van der Waals surface area contributed by atoms with Crippen molar-refractivity contribution in [3.63, 3.8) is 0 Å². The van der Waals surface area contributed by atoms with E-state index in [1.165, 1.54) is 0 Å². The Labute approximate surface area is 117 Å². The van der Waals surface area contributed by atoms with Gasteiger partial charge in [-0.25, -0.2) is 9.97 Å². The number of nitrogens with zero attached hydrogens (tertiary/aromatic N) is 7. The number of rotatable bonds is 2. The van der Waals surface area contributed by atoms with E-state index in [1.54, 1.807) is 11.0 Å². The average molecular weight is 271 g/mol. The van der Waals surface area contributed by atoms with Crippen LogP contribution in [0, 0.1) is 11.3 Å². The standard InChI is InChI=1S/C13H17N7/c1-10(7-14)19-3-5-20(6-4-19)13-11-8-17-18(2)12(11)15-9-16-13/h8-10H,3-6H2,1-2H3. The molecule has 7 heteroatoms. The maximum absolute atomic E-state index is 8.98. The van der Waals surface area contributed by atoms with E-state index in [0.29, 0.717) is 0 Å². The SMILES string of the molecule is CC(C#N)N1CCN(c2ncnc3c2cnn3C)CC1. The number of aryl methyl sites for hydroxylation is 1. The van der Waals surface area contributed by atoms with Gasteiger partial charge in [-0.05, 0) is 6.92 Å². The molecule has 0 N–H and O–H groups in total. The van der Waals surface area contributed by atoms with E-state index in [9.17, 15) is 0 Å². The topological polar surface area (TPSA) is 73.9 Å². The minimum Gasteiger partial charge on any atom is -0.353 e. The largest absolute Gasteiger partial charge is 0.353 e. The summed E-state index contributed by atoms with van der Waals surface area (Å²) in [5.41, 5.74) is 0.850. The second kappa shape index (κ2) is 5.06. The van der Waals surface area contributed by atoms with Crippen LogP contribution in [-0.2, 0) is 7.05 Å². The highest BCUT2D eigenvalue weighted by Crippen LogP contribution is 2.23. The summed E-state index contributed by atoms with van der Waals surface area (Å²) in [4.78, 5) is 13.1. The van der Waals surface area contributed by atoms with E-state index in [-0.39, 0.29) is 6.04 Å². The van der Waals surface area contributed by atoms with E-state index in [2.05, 4.69) is 30.9 Å². The average Bonchev–Trinajstić information content (AvgIpc) is 2.88. The fraction of sp³-hybridized carbons (Fsp3) is 0.538. The first-order valence-electron chi connectivity index (χ1n) is 6.72. The van der Waals surface area contributed by atoms with Crippen LogP contribution in [0.4, 0.5) is 5.82 Å². The van der Waals surface area contributed by atoms with E-state index in [4.69, 9.17) is 5.26 Å². The maximum atomic E-state index is 8.98. The zero-order chi connectivity index (χ0) is 14.1. The molecule has 1 unspecified atom stereocenters. The fourth-order valence-electron chi connectivity index (χ4n) is 2.60. The summed E-state index contributed by atoms with van der Waals surface area (Å²) >= 11 is 0. The Morgan fingerprint density at radius 1 is 1.25 bits per heavy atom. The number of nitriles is 1. The normalized spacial score (nSPS) is 18.1. The highest BCUT2D eigenvalue weighted by molar-refractivity contribution is 5.86. The van der Waals surface area contributed by atoms with Crippen LogP contribution in [-0.4, -0.2) is 56.9 Å². The van der Waals surface area contributed by atoms with E-state index >= 15 is 0 Å². The van der Waals surface area contributed by atoms with Crippen molar-refractivity contribution < 1.29 is 0 Å². The second-order valence-electron chi connectivity index (χ2n) is 5.03. The molecule has 1 aliphatic heterocycles. The summed E-state index contributed by atoms with van der Waals surface area (Å²) in [6, 6.07) is 2.26. The van der Waals surface area contributed by atoms with Crippen molar-refractivity contribution in [3.05, 3.63) is 12.5 Å². The van der Waals surface area contributed by atoms with Gasteiger partial charge in [0.05, 0.1) is 23.7 Å². The number of fused-ring (bicyclic) bond motifs is 1. The molecule has 3 heterocycles. The molecule has 20 heavy (non-hydrogen) atoms. The summed E-state index contributed by atoms with van der Waals surface area (Å²) in [5, 5.41) is 14.2. The van der Waals surface area contributed by atoms with E-state index < -0.39 is 0 Å². The van der Waals surface area contributed by atoms with Crippen LogP contribution in [0.3, 0.4) is 0 Å². The van der Waals surface area contributed by atoms with Crippen molar-refractivity contribution >= 4 is 16.9 Å². The van der Waals surface area contributed by atoms with Crippen molar-refractivity contribution in [3.8, 4) is 6.07 Å². The Bertz CT molecular complexity index is 648. The quantitative estimate of drug-likeness (QED) is 0.787. The van der Waals surface area contributed by atoms with Crippen LogP contribution in [0.5, 0.6) is 0 Å². The van der Waals surface area contributed by atoms with Crippen LogP contribution >= 0.6 is 0 Å². The van der Waals surface area contributed by atoms with Crippen molar-refractivity contribution in [1.29, 1.82) is 5.26 Å². The van der Waals surface area contributed by atoms with Crippen molar-refractivity contribution in [2.45, 2.75) is 13.0 Å². The molecule has 1 saturated heterocycles. The number of hydrogen-bond acceptors (Lipinski definition) is 6. The first kappa shape index (κ1) is 12.8. The van der Waals surface area contributed by atoms with Crippen LogP contribution in [0.1, 0.15) is 6.92 Å². The molecule has 0 amide bonds. The molecule has 0 saturated carbocycles. The molecular formula is C13H17N7. The Morgan fingerprint density at radius 2 is 2.00 bits per heavy atom. The molecule has 1 atom stereocenters. The van der Waals surface area contributed by atoms with Gasteiger partial charge < -0.3 is 4.90 Å². The smallest absolute Gasteiger partial charge is 0.163 e. The first-order chi connectivity index (χ1) is 9.70. The van der Waals surface area contributed by atoms with Gasteiger partial charge in [0.2, 0.25) is 0 Å². The summed E-state index contributed by atoms with van der Waals surface area (Å²) in [7, 11) is 1.88. The lowest BCUT2D eigenvalue weighted by Gasteiger charge is -2.36. The lowest BCUT2D eigenvalue weighted by atomic mass is 10.2. The molecule has 1 aliphatic rings. The zero-order valence-electron chi connectivity index (χ0n) is 11.7. The Hall–Kier alpha value is -2.20. The summed E-state index contributed by atoms with van der Waals surface area (Å²) in [5.74, 6) is 0.937.